The number of benzene rings is 1. The van der Waals surface area contributed by atoms with E-state index in [0.717, 1.165) is 14.8 Å². The van der Waals surface area contributed by atoms with Crippen molar-refractivity contribution in [2.75, 3.05) is 7.05 Å². The molecule has 4 nitrogen and oxygen atoms in total. The first-order valence-electron chi connectivity index (χ1n) is 7.01. The molecule has 0 aliphatic carbocycles. The molecule has 0 saturated carbocycles. The molecule has 3 aromatic rings. The van der Waals surface area contributed by atoms with E-state index in [9.17, 15) is 4.79 Å². The van der Waals surface area contributed by atoms with Gasteiger partial charge in [-0.3, -0.25) is 4.79 Å². The van der Waals surface area contributed by atoms with Gasteiger partial charge in [-0.05, 0) is 40.2 Å². The summed E-state index contributed by atoms with van der Waals surface area (Å²) < 4.78 is 3.12. The first kappa shape index (κ1) is 15.2. The largest absolute Gasteiger partial charge is 0.341 e. The van der Waals surface area contributed by atoms with Gasteiger partial charge in [0.15, 0.2) is 0 Å². The molecule has 1 aromatic carbocycles. The zero-order chi connectivity index (χ0) is 15.5. The second kappa shape index (κ2) is 6.62. The van der Waals surface area contributed by atoms with Crippen LogP contribution in [-0.2, 0) is 17.9 Å². The minimum absolute atomic E-state index is 0.141. The van der Waals surface area contributed by atoms with Gasteiger partial charge in [-0.2, -0.15) is 0 Å². The number of hydrogen-bond acceptors (Lipinski definition) is 3. The first-order valence-corrected chi connectivity index (χ1v) is 8.62. The summed E-state index contributed by atoms with van der Waals surface area (Å²) in [6, 6.07) is 12.0. The molecule has 3 rings (SSSR count). The molecule has 1 amide bonds. The predicted octanol–water partition coefficient (Wildman–Crippen LogP) is 3.91. The van der Waals surface area contributed by atoms with Gasteiger partial charge < -0.3 is 9.47 Å². The van der Waals surface area contributed by atoms with Crippen molar-refractivity contribution in [2.24, 2.45) is 0 Å². The molecule has 0 aliphatic heterocycles. The van der Waals surface area contributed by atoms with E-state index in [4.69, 9.17) is 0 Å². The minimum atomic E-state index is 0.141. The Labute approximate surface area is 141 Å². The van der Waals surface area contributed by atoms with Crippen molar-refractivity contribution in [3.8, 4) is 0 Å². The van der Waals surface area contributed by atoms with Crippen LogP contribution in [0.2, 0.25) is 0 Å². The second-order valence-electron chi connectivity index (χ2n) is 5.13. The Hall–Kier alpha value is -1.66. The molecule has 0 aliphatic rings. The normalized spacial score (nSPS) is 11.0. The van der Waals surface area contributed by atoms with E-state index >= 15 is 0 Å². The lowest BCUT2D eigenvalue weighted by Gasteiger charge is -2.16. The fourth-order valence-corrected chi connectivity index (χ4v) is 3.89. The summed E-state index contributed by atoms with van der Waals surface area (Å²) in [5.74, 6) is 0.141. The number of nitrogens with zero attached hydrogens (tertiary/aromatic N) is 3. The first-order chi connectivity index (χ1) is 10.6. The van der Waals surface area contributed by atoms with Crippen molar-refractivity contribution < 1.29 is 4.79 Å². The predicted molar refractivity (Wildman–Crippen MR) is 92.8 cm³/mol. The van der Waals surface area contributed by atoms with E-state index in [1.54, 1.807) is 22.6 Å². The molecule has 2 heterocycles. The summed E-state index contributed by atoms with van der Waals surface area (Å²) in [6.45, 7) is 1.30. The fourth-order valence-electron chi connectivity index (χ4n) is 2.35. The number of carbonyl (C=O) groups is 1. The number of amides is 1. The van der Waals surface area contributed by atoms with Gasteiger partial charge in [0.25, 0.3) is 0 Å². The van der Waals surface area contributed by atoms with E-state index in [0.29, 0.717) is 19.5 Å². The highest BCUT2D eigenvalue weighted by atomic mass is 79.9. The van der Waals surface area contributed by atoms with E-state index < -0.39 is 0 Å². The number of imidazole rings is 1. The quantitative estimate of drug-likeness (QED) is 0.675. The fraction of sp³-hybridized carbons (Fsp3) is 0.250. The number of hydrogen-bond donors (Lipinski definition) is 0. The van der Waals surface area contributed by atoms with Gasteiger partial charge in [0, 0.05) is 24.9 Å². The molecular weight excluding hydrogens is 362 g/mol. The average Bonchev–Trinajstić information content (AvgIpc) is 3.11. The van der Waals surface area contributed by atoms with Crippen LogP contribution in [0.4, 0.5) is 0 Å². The topological polar surface area (TPSA) is 38.1 Å². The molecule has 0 saturated heterocycles. The SMILES string of the molecule is CN(Cc1ccc(Br)s1)C(=O)CCn1cnc2ccccc21. The van der Waals surface area contributed by atoms with Crippen LogP contribution in [0.3, 0.4) is 0 Å². The van der Waals surface area contributed by atoms with E-state index in [1.807, 2.05) is 48.0 Å². The highest BCUT2D eigenvalue weighted by Crippen LogP contribution is 2.23. The van der Waals surface area contributed by atoms with Crippen molar-refractivity contribution in [1.82, 2.24) is 14.5 Å². The lowest BCUT2D eigenvalue weighted by molar-refractivity contribution is -0.130. The summed E-state index contributed by atoms with van der Waals surface area (Å²) in [7, 11) is 1.85. The van der Waals surface area contributed by atoms with Crippen LogP contribution < -0.4 is 0 Å². The van der Waals surface area contributed by atoms with Crippen molar-refractivity contribution in [1.29, 1.82) is 0 Å². The van der Waals surface area contributed by atoms with Gasteiger partial charge in [-0.25, -0.2) is 4.98 Å². The van der Waals surface area contributed by atoms with Crippen LogP contribution in [-0.4, -0.2) is 27.4 Å². The van der Waals surface area contributed by atoms with Crippen molar-refractivity contribution in [3.05, 3.63) is 51.4 Å². The third kappa shape index (κ3) is 3.39. The third-order valence-electron chi connectivity index (χ3n) is 3.54. The molecule has 0 N–H and O–H groups in total. The Bertz CT molecular complexity index is 795. The number of aryl methyl sites for hydroxylation is 1. The molecule has 0 spiro atoms. The van der Waals surface area contributed by atoms with Crippen LogP contribution in [0.15, 0.2) is 46.5 Å². The van der Waals surface area contributed by atoms with Crippen LogP contribution >= 0.6 is 27.3 Å². The Morgan fingerprint density at radius 3 is 2.91 bits per heavy atom. The van der Waals surface area contributed by atoms with E-state index in [1.165, 1.54) is 4.88 Å². The maximum absolute atomic E-state index is 12.3. The molecule has 114 valence electrons. The number of halogens is 1. The molecular formula is C16H16BrN3OS. The summed E-state index contributed by atoms with van der Waals surface area (Å²) in [6.07, 6.45) is 2.28. The molecule has 0 bridgehead atoms. The zero-order valence-electron chi connectivity index (χ0n) is 12.2. The van der Waals surface area contributed by atoms with Gasteiger partial charge in [0.1, 0.15) is 0 Å². The number of rotatable bonds is 5. The highest BCUT2D eigenvalue weighted by molar-refractivity contribution is 9.11. The summed E-state index contributed by atoms with van der Waals surface area (Å²) in [5, 5.41) is 0. The molecule has 0 fully saturated rings. The van der Waals surface area contributed by atoms with E-state index in [2.05, 4.69) is 20.9 Å². The number of thiophene rings is 1. The van der Waals surface area contributed by atoms with Gasteiger partial charge in [-0.15, -0.1) is 11.3 Å². The number of aromatic nitrogens is 2. The van der Waals surface area contributed by atoms with Crippen LogP contribution in [0.25, 0.3) is 11.0 Å². The molecule has 0 atom stereocenters. The average molecular weight is 378 g/mol. The van der Waals surface area contributed by atoms with Crippen molar-refractivity contribution in [2.45, 2.75) is 19.5 Å². The maximum Gasteiger partial charge on any atom is 0.224 e. The van der Waals surface area contributed by atoms with Crippen molar-refractivity contribution in [3.63, 3.8) is 0 Å². The molecule has 22 heavy (non-hydrogen) atoms. The number of fused-ring (bicyclic) bond motifs is 1. The van der Waals surface area contributed by atoms with Gasteiger partial charge in [-0.1, -0.05) is 12.1 Å². The molecule has 6 heteroatoms. The summed E-state index contributed by atoms with van der Waals surface area (Å²) in [4.78, 5) is 19.6. The van der Waals surface area contributed by atoms with Gasteiger partial charge in [0.05, 0.1) is 27.7 Å². The Balaban J connectivity index is 1.59. The minimum Gasteiger partial charge on any atom is -0.341 e. The zero-order valence-corrected chi connectivity index (χ0v) is 14.6. The molecule has 0 radical (unpaired) electrons. The summed E-state index contributed by atoms with van der Waals surface area (Å²) in [5.41, 5.74) is 2.03. The van der Waals surface area contributed by atoms with Crippen molar-refractivity contribution >= 4 is 44.2 Å². The number of carbonyl (C=O) groups excluding carboxylic acids is 1. The Kier molecular flexibility index (Phi) is 4.59. The highest BCUT2D eigenvalue weighted by Gasteiger charge is 2.11. The lowest BCUT2D eigenvalue weighted by atomic mass is 10.3. The maximum atomic E-state index is 12.3. The smallest absolute Gasteiger partial charge is 0.224 e. The monoisotopic (exact) mass is 377 g/mol. The molecule has 0 unspecified atom stereocenters. The van der Waals surface area contributed by atoms with E-state index in [-0.39, 0.29) is 5.91 Å². The lowest BCUT2D eigenvalue weighted by Crippen LogP contribution is -2.26. The molecule has 2 aromatic heterocycles. The van der Waals surface area contributed by atoms with Crippen LogP contribution in [0.5, 0.6) is 0 Å². The van der Waals surface area contributed by atoms with Crippen LogP contribution in [0, 0.1) is 0 Å². The van der Waals surface area contributed by atoms with Crippen LogP contribution in [0.1, 0.15) is 11.3 Å². The Morgan fingerprint density at radius 1 is 1.32 bits per heavy atom. The standard InChI is InChI=1S/C16H16BrN3OS/c1-19(10-12-6-7-15(17)22-12)16(21)8-9-20-11-18-13-4-2-3-5-14(13)20/h2-7,11H,8-10H2,1H3. The third-order valence-corrected chi connectivity index (χ3v) is 5.15. The Morgan fingerprint density at radius 2 is 2.14 bits per heavy atom. The van der Waals surface area contributed by atoms with Gasteiger partial charge in [0.2, 0.25) is 5.91 Å². The second-order valence-corrected chi connectivity index (χ2v) is 7.68. The summed E-state index contributed by atoms with van der Waals surface area (Å²) >= 11 is 5.10. The van der Waals surface area contributed by atoms with Gasteiger partial charge >= 0.3 is 0 Å². The number of para-hydroxylation sites is 2.